The zero-order valence-electron chi connectivity index (χ0n) is 27.0. The number of benzene rings is 2. The second-order valence-corrected chi connectivity index (χ2v) is 13.0. The van der Waals surface area contributed by atoms with Gasteiger partial charge in [-0.05, 0) is 75.2 Å². The van der Waals surface area contributed by atoms with Crippen molar-refractivity contribution in [3.8, 4) is 22.3 Å². The Morgan fingerprint density at radius 3 is 1.46 bits per heavy atom. The number of rotatable bonds is 7. The van der Waals surface area contributed by atoms with Crippen molar-refractivity contribution in [1.29, 1.82) is 0 Å². The molecule has 2 saturated heterocycles. The first-order valence-corrected chi connectivity index (χ1v) is 16.2. The molecule has 278 valence electrons. The van der Waals surface area contributed by atoms with Crippen LogP contribution in [0.5, 0.6) is 0 Å². The van der Waals surface area contributed by atoms with Crippen molar-refractivity contribution in [3.63, 3.8) is 0 Å². The molecule has 0 radical (unpaired) electrons. The third-order valence-electron chi connectivity index (χ3n) is 9.79. The van der Waals surface area contributed by atoms with Crippen molar-refractivity contribution < 1.29 is 52.7 Å². The number of nitrogens with zero attached hydrogens (tertiary/aromatic N) is 3. The number of hydrogen-bond acceptors (Lipinski definition) is 4. The lowest BCUT2D eigenvalue weighted by molar-refractivity contribution is -0.143. The van der Waals surface area contributed by atoms with Gasteiger partial charge in [0.2, 0.25) is 0 Å². The van der Waals surface area contributed by atoms with Crippen LogP contribution >= 0.6 is 0 Å². The molecule has 2 fully saturated rings. The van der Waals surface area contributed by atoms with E-state index in [9.17, 15) is 52.7 Å². The largest absolute Gasteiger partial charge is 0.417 e. The molecule has 2 unspecified atom stereocenters. The highest BCUT2D eigenvalue weighted by atomic mass is 19.4. The Hall–Kier alpha value is -4.18. The summed E-state index contributed by atoms with van der Waals surface area (Å²) >= 11 is 0. The molecule has 0 spiro atoms. The van der Waals surface area contributed by atoms with Crippen molar-refractivity contribution in [3.05, 3.63) is 107 Å². The fourth-order valence-corrected chi connectivity index (χ4v) is 7.58. The predicted molar refractivity (Wildman–Crippen MR) is 166 cm³/mol. The van der Waals surface area contributed by atoms with Crippen molar-refractivity contribution in [2.24, 2.45) is 0 Å². The number of likely N-dealkylation sites (tertiary alicyclic amines) is 1. The third kappa shape index (κ3) is 7.49. The second kappa shape index (κ2) is 13.7. The van der Waals surface area contributed by atoms with Crippen LogP contribution in [0.15, 0.2) is 73.1 Å². The molecule has 0 aliphatic carbocycles. The van der Waals surface area contributed by atoms with Gasteiger partial charge in [-0.2, -0.15) is 52.7 Å². The van der Waals surface area contributed by atoms with Gasteiger partial charge in [0.15, 0.2) is 0 Å². The summed E-state index contributed by atoms with van der Waals surface area (Å²) in [5.41, 5.74) is -8.40. The Labute approximate surface area is 289 Å². The molecule has 2 aromatic heterocycles. The van der Waals surface area contributed by atoms with Crippen molar-refractivity contribution >= 4 is 0 Å². The highest BCUT2D eigenvalue weighted by molar-refractivity contribution is 5.73. The van der Waals surface area contributed by atoms with E-state index in [-0.39, 0.29) is 30.1 Å². The maximum absolute atomic E-state index is 13.8. The molecule has 52 heavy (non-hydrogen) atoms. The minimum atomic E-state index is -5.06. The highest BCUT2D eigenvalue weighted by Crippen LogP contribution is 2.46. The Kier molecular flexibility index (Phi) is 9.87. The van der Waals surface area contributed by atoms with Gasteiger partial charge in [-0.1, -0.05) is 24.3 Å². The summed E-state index contributed by atoms with van der Waals surface area (Å²) < 4.78 is 166. The first kappa shape index (κ1) is 37.6. The van der Waals surface area contributed by atoms with E-state index in [0.717, 1.165) is 25.2 Å². The van der Waals surface area contributed by atoms with E-state index in [0.29, 0.717) is 73.7 Å². The zero-order valence-corrected chi connectivity index (χ0v) is 27.0. The molecule has 2 aliphatic heterocycles. The fourth-order valence-electron chi connectivity index (χ4n) is 7.58. The van der Waals surface area contributed by atoms with E-state index in [1.165, 1.54) is 24.3 Å². The molecule has 0 saturated carbocycles. The van der Waals surface area contributed by atoms with Crippen LogP contribution in [0.25, 0.3) is 22.3 Å². The predicted octanol–water partition coefficient (Wildman–Crippen LogP) is 10.2. The lowest BCUT2D eigenvalue weighted by Gasteiger charge is -2.43. The molecule has 4 aromatic rings. The smallest absolute Gasteiger partial charge is 0.312 e. The van der Waals surface area contributed by atoms with Gasteiger partial charge in [-0.15, -0.1) is 0 Å². The molecule has 1 N–H and O–H groups in total. The van der Waals surface area contributed by atoms with E-state index >= 15 is 0 Å². The molecule has 4 nitrogen and oxygen atoms in total. The molecule has 2 aliphatic rings. The summed E-state index contributed by atoms with van der Waals surface area (Å²) in [6.07, 6.45) is -15.1. The van der Waals surface area contributed by atoms with Crippen molar-refractivity contribution in [2.45, 2.75) is 74.9 Å². The van der Waals surface area contributed by atoms with Gasteiger partial charge >= 0.3 is 24.7 Å². The molecule has 0 amide bonds. The average molecular weight is 747 g/mol. The number of pyridine rings is 2. The first-order valence-electron chi connectivity index (χ1n) is 16.2. The highest BCUT2D eigenvalue weighted by Gasteiger charge is 2.48. The normalized spacial score (nSPS) is 20.5. The van der Waals surface area contributed by atoms with Crippen molar-refractivity contribution in [1.82, 2.24) is 20.2 Å². The maximum atomic E-state index is 13.8. The van der Waals surface area contributed by atoms with Gasteiger partial charge in [0.25, 0.3) is 0 Å². The van der Waals surface area contributed by atoms with E-state index in [1.807, 2.05) is 0 Å². The Morgan fingerprint density at radius 1 is 0.615 bits per heavy atom. The summed E-state index contributed by atoms with van der Waals surface area (Å²) in [6, 6.07) is 8.77. The van der Waals surface area contributed by atoms with Gasteiger partial charge in [-0.3, -0.25) is 14.9 Å². The van der Waals surface area contributed by atoms with E-state index in [1.54, 1.807) is 0 Å². The minimum absolute atomic E-state index is 0.0912. The van der Waals surface area contributed by atoms with Crippen LogP contribution in [0, 0.1) is 0 Å². The average Bonchev–Trinajstić information content (AvgIpc) is 3.75. The Morgan fingerprint density at radius 2 is 1.08 bits per heavy atom. The number of aromatic nitrogens is 2. The van der Waals surface area contributed by atoms with Crippen LogP contribution in [-0.4, -0.2) is 39.5 Å². The fraction of sp³-hybridized carbons (Fsp3) is 0.389. The van der Waals surface area contributed by atoms with Crippen LogP contribution in [-0.2, 0) is 37.7 Å². The van der Waals surface area contributed by atoms with E-state index < -0.39 is 63.6 Å². The van der Waals surface area contributed by atoms with Crippen molar-refractivity contribution in [2.75, 3.05) is 13.1 Å². The standard InChI is InChI=1S/C36H30F12N4/c37-33(38,39)25-5-1-6-26(34(40,41)42)30(25)21-10-12-23(50-18-21)17-32(29-9-3-15-49-29)14-4-16-52(32)20-24-13-11-22(19-51-24)31-27(35(43,44)45)7-2-8-28(31)36(46,47)48/h1-2,5-8,10-13,18-19,29,49H,3-4,9,14-17,20H2. The molecule has 0 bridgehead atoms. The van der Waals surface area contributed by atoms with Crippen LogP contribution in [0.1, 0.15) is 59.3 Å². The van der Waals surface area contributed by atoms with E-state index in [2.05, 4.69) is 20.2 Å². The quantitative estimate of drug-likeness (QED) is 0.191. The number of halogens is 12. The molecular formula is C36H30F12N4. The molecular weight excluding hydrogens is 716 g/mol. The summed E-state index contributed by atoms with van der Waals surface area (Å²) in [4.78, 5) is 10.7. The first-order chi connectivity index (χ1) is 24.3. The molecule has 4 heterocycles. The monoisotopic (exact) mass is 746 g/mol. The van der Waals surface area contributed by atoms with Gasteiger partial charge in [0.05, 0.1) is 27.9 Å². The van der Waals surface area contributed by atoms with Gasteiger partial charge in [0, 0.05) is 64.9 Å². The number of nitrogens with one attached hydrogen (secondary N) is 1. The van der Waals surface area contributed by atoms with E-state index in [4.69, 9.17) is 0 Å². The summed E-state index contributed by atoms with van der Waals surface area (Å²) in [5, 5.41) is 3.48. The second-order valence-electron chi connectivity index (χ2n) is 13.0. The van der Waals surface area contributed by atoms with Gasteiger partial charge in [-0.25, -0.2) is 0 Å². The van der Waals surface area contributed by atoms with Crippen LogP contribution < -0.4 is 5.32 Å². The molecule has 16 heteroatoms. The zero-order chi connectivity index (χ0) is 37.7. The maximum Gasteiger partial charge on any atom is 0.417 e. The van der Waals surface area contributed by atoms with Crippen LogP contribution in [0.3, 0.4) is 0 Å². The molecule has 2 atom stereocenters. The Balaban J connectivity index is 1.31. The van der Waals surface area contributed by atoms with Gasteiger partial charge < -0.3 is 5.32 Å². The third-order valence-corrected chi connectivity index (χ3v) is 9.79. The van der Waals surface area contributed by atoms with Crippen LogP contribution in [0.2, 0.25) is 0 Å². The van der Waals surface area contributed by atoms with Crippen LogP contribution in [0.4, 0.5) is 52.7 Å². The molecule has 6 rings (SSSR count). The summed E-state index contributed by atoms with van der Waals surface area (Å²) in [5.74, 6) is 0. The SMILES string of the molecule is FC(F)(F)c1cccc(C(F)(F)F)c1-c1ccc(CN2CCCC2(Cc2ccc(-c3c(C(F)(F)F)cccc3C(F)(F)F)cn2)C2CCCN2)nc1. The molecule has 2 aromatic carbocycles. The summed E-state index contributed by atoms with van der Waals surface area (Å²) in [7, 11) is 0. The lowest BCUT2D eigenvalue weighted by Crippen LogP contribution is -2.57. The summed E-state index contributed by atoms with van der Waals surface area (Å²) in [6.45, 7) is 1.41. The topological polar surface area (TPSA) is 41.1 Å². The lowest BCUT2D eigenvalue weighted by atomic mass is 9.81. The number of alkyl halides is 12. The van der Waals surface area contributed by atoms with Gasteiger partial charge in [0.1, 0.15) is 0 Å². The Bertz CT molecular complexity index is 1810. The minimum Gasteiger partial charge on any atom is -0.312 e. The number of hydrogen-bond donors (Lipinski definition) is 1.